The number of nitrogens with zero attached hydrogens (tertiary/aromatic N) is 1. The van der Waals surface area contributed by atoms with Crippen molar-refractivity contribution in [2.75, 3.05) is 0 Å². The Morgan fingerprint density at radius 2 is 2.07 bits per heavy atom. The zero-order valence-electron chi connectivity index (χ0n) is 8.53. The van der Waals surface area contributed by atoms with Crippen molar-refractivity contribution in [3.8, 4) is 0 Å². The molecule has 1 rings (SSSR count). The molecule has 78 valence electrons. The van der Waals surface area contributed by atoms with Crippen LogP contribution in [0.25, 0.3) is 0 Å². The van der Waals surface area contributed by atoms with E-state index in [1.807, 2.05) is 20.8 Å². The van der Waals surface area contributed by atoms with Crippen molar-refractivity contribution in [2.24, 2.45) is 0 Å². The predicted octanol–water partition coefficient (Wildman–Crippen LogP) is 0.309. The number of aromatic amines is 1. The van der Waals surface area contributed by atoms with Gasteiger partial charge in [-0.2, -0.15) is 0 Å². The maximum absolute atomic E-state index is 11.2. The maximum Gasteiger partial charge on any atom is 0.330 e. The number of hydrogen-bond donors (Lipinski definition) is 1. The Bertz CT molecular complexity index is 383. The Morgan fingerprint density at radius 3 is 2.57 bits per heavy atom. The molecule has 0 unspecified atom stereocenters. The fraction of sp³-hybridized carbons (Fsp3) is 0.556. The van der Waals surface area contributed by atoms with Crippen LogP contribution in [0.4, 0.5) is 0 Å². The number of H-pyrrole nitrogens is 1. The zero-order valence-corrected chi connectivity index (χ0v) is 8.53. The molecule has 0 amide bonds. The lowest BCUT2D eigenvalue weighted by molar-refractivity contribution is -0.0462. The van der Waals surface area contributed by atoms with E-state index in [9.17, 15) is 9.59 Å². The fourth-order valence-corrected chi connectivity index (χ4v) is 0.833. The lowest BCUT2D eigenvalue weighted by atomic mass is 10.2. The normalized spacial score (nSPS) is 11.6. The molecule has 0 saturated heterocycles. The minimum absolute atomic E-state index is 0.0293. The second kappa shape index (κ2) is 3.79. The first-order chi connectivity index (χ1) is 6.40. The second-order valence-electron chi connectivity index (χ2n) is 3.93. The van der Waals surface area contributed by atoms with Crippen molar-refractivity contribution in [1.29, 1.82) is 0 Å². The molecule has 14 heavy (non-hydrogen) atoms. The van der Waals surface area contributed by atoms with Crippen molar-refractivity contribution < 1.29 is 4.74 Å². The number of rotatable bonds is 2. The van der Waals surface area contributed by atoms with Crippen LogP contribution in [-0.4, -0.2) is 15.2 Å². The van der Waals surface area contributed by atoms with E-state index < -0.39 is 5.69 Å². The SMILES string of the molecule is CC(C)(C)OCn1c(=O)cc[nH]c1=O. The van der Waals surface area contributed by atoms with Crippen LogP contribution in [0.3, 0.4) is 0 Å². The Hall–Kier alpha value is -1.36. The van der Waals surface area contributed by atoms with Crippen LogP contribution in [0, 0.1) is 0 Å². The first kappa shape index (κ1) is 10.7. The third-order valence-corrected chi connectivity index (χ3v) is 1.57. The zero-order chi connectivity index (χ0) is 10.8. The van der Waals surface area contributed by atoms with Crippen LogP contribution >= 0.6 is 0 Å². The monoisotopic (exact) mass is 198 g/mol. The minimum atomic E-state index is -0.457. The molecule has 0 spiro atoms. The molecular formula is C9H14N2O3. The summed E-state index contributed by atoms with van der Waals surface area (Å²) in [5.74, 6) is 0. The molecule has 0 radical (unpaired) electrons. The standard InChI is InChI=1S/C9H14N2O3/c1-9(2,3)14-6-11-7(12)4-5-10-8(11)13/h4-5H,6H2,1-3H3,(H,10,13). The van der Waals surface area contributed by atoms with Crippen molar-refractivity contribution in [3.63, 3.8) is 0 Å². The maximum atomic E-state index is 11.2. The summed E-state index contributed by atoms with van der Waals surface area (Å²) < 4.78 is 6.33. The Balaban J connectivity index is 2.88. The molecule has 1 aromatic rings. The summed E-state index contributed by atoms with van der Waals surface area (Å²) >= 11 is 0. The second-order valence-corrected chi connectivity index (χ2v) is 3.93. The average molecular weight is 198 g/mol. The molecule has 0 atom stereocenters. The summed E-state index contributed by atoms with van der Waals surface area (Å²) in [5, 5.41) is 0. The third-order valence-electron chi connectivity index (χ3n) is 1.57. The first-order valence-corrected chi connectivity index (χ1v) is 4.33. The molecule has 1 N–H and O–H groups in total. The van der Waals surface area contributed by atoms with E-state index in [1.54, 1.807) is 0 Å². The Labute approximate surface area is 81.3 Å². The van der Waals surface area contributed by atoms with Gasteiger partial charge in [0.15, 0.2) is 0 Å². The minimum Gasteiger partial charge on any atom is -0.355 e. The summed E-state index contributed by atoms with van der Waals surface area (Å²) in [7, 11) is 0. The average Bonchev–Trinajstić information content (AvgIpc) is 2.01. The van der Waals surface area contributed by atoms with Crippen LogP contribution in [0.15, 0.2) is 21.9 Å². The molecule has 0 aliphatic heterocycles. The highest BCUT2D eigenvalue weighted by Gasteiger charge is 2.11. The Kier molecular flexibility index (Phi) is 2.90. The third kappa shape index (κ3) is 2.85. The van der Waals surface area contributed by atoms with Crippen molar-refractivity contribution in [1.82, 2.24) is 9.55 Å². The molecule has 0 aliphatic rings. The van der Waals surface area contributed by atoms with E-state index in [4.69, 9.17) is 4.74 Å². The molecule has 0 bridgehead atoms. The highest BCUT2D eigenvalue weighted by molar-refractivity contribution is 4.82. The van der Waals surface area contributed by atoms with Gasteiger partial charge in [-0.05, 0) is 20.8 Å². The van der Waals surface area contributed by atoms with Gasteiger partial charge < -0.3 is 9.72 Å². The molecule has 1 aromatic heterocycles. The van der Waals surface area contributed by atoms with Crippen LogP contribution in [-0.2, 0) is 11.5 Å². The highest BCUT2D eigenvalue weighted by Crippen LogP contribution is 2.06. The van der Waals surface area contributed by atoms with Gasteiger partial charge in [0, 0.05) is 12.3 Å². The van der Waals surface area contributed by atoms with E-state index >= 15 is 0 Å². The molecule has 5 heteroatoms. The number of hydrogen-bond acceptors (Lipinski definition) is 3. The van der Waals surface area contributed by atoms with Crippen molar-refractivity contribution in [3.05, 3.63) is 33.1 Å². The highest BCUT2D eigenvalue weighted by atomic mass is 16.5. The largest absolute Gasteiger partial charge is 0.355 e. The van der Waals surface area contributed by atoms with Gasteiger partial charge in [0.2, 0.25) is 0 Å². The van der Waals surface area contributed by atoms with Gasteiger partial charge in [0.25, 0.3) is 5.56 Å². The number of ether oxygens (including phenoxy) is 1. The summed E-state index contributed by atoms with van der Waals surface area (Å²) in [4.78, 5) is 24.8. The molecule has 0 saturated carbocycles. The van der Waals surface area contributed by atoms with E-state index in [2.05, 4.69) is 4.98 Å². The smallest absolute Gasteiger partial charge is 0.330 e. The first-order valence-electron chi connectivity index (χ1n) is 4.33. The number of aromatic nitrogens is 2. The van der Waals surface area contributed by atoms with Gasteiger partial charge >= 0.3 is 5.69 Å². The molecule has 0 aromatic carbocycles. The van der Waals surface area contributed by atoms with E-state index in [1.165, 1.54) is 12.3 Å². The molecule has 5 nitrogen and oxygen atoms in total. The summed E-state index contributed by atoms with van der Waals surface area (Å²) in [6.45, 7) is 5.54. The lowest BCUT2D eigenvalue weighted by Crippen LogP contribution is -2.36. The van der Waals surface area contributed by atoms with E-state index in [0.29, 0.717) is 0 Å². The van der Waals surface area contributed by atoms with Gasteiger partial charge in [0.05, 0.1) is 5.60 Å². The number of nitrogens with one attached hydrogen (secondary N) is 1. The summed E-state index contributed by atoms with van der Waals surface area (Å²) in [6.07, 6.45) is 1.32. The van der Waals surface area contributed by atoms with E-state index in [0.717, 1.165) is 4.57 Å². The van der Waals surface area contributed by atoms with Crippen LogP contribution in [0.5, 0.6) is 0 Å². The predicted molar refractivity (Wildman–Crippen MR) is 52.2 cm³/mol. The lowest BCUT2D eigenvalue weighted by Gasteiger charge is -2.19. The van der Waals surface area contributed by atoms with Crippen LogP contribution in [0.1, 0.15) is 20.8 Å². The van der Waals surface area contributed by atoms with Gasteiger partial charge in [-0.25, -0.2) is 9.36 Å². The quantitative estimate of drug-likeness (QED) is 0.743. The molecule has 1 heterocycles. The molecule has 0 aliphatic carbocycles. The van der Waals surface area contributed by atoms with Crippen molar-refractivity contribution in [2.45, 2.75) is 33.1 Å². The van der Waals surface area contributed by atoms with Crippen molar-refractivity contribution >= 4 is 0 Å². The fourth-order valence-electron chi connectivity index (χ4n) is 0.833. The van der Waals surface area contributed by atoms with Crippen LogP contribution < -0.4 is 11.2 Å². The van der Waals surface area contributed by atoms with Gasteiger partial charge in [-0.15, -0.1) is 0 Å². The van der Waals surface area contributed by atoms with E-state index in [-0.39, 0.29) is 17.9 Å². The molecule has 0 fully saturated rings. The summed E-state index contributed by atoms with van der Waals surface area (Å²) in [5.41, 5.74) is -1.19. The topological polar surface area (TPSA) is 64.1 Å². The van der Waals surface area contributed by atoms with Gasteiger partial charge in [-0.3, -0.25) is 4.79 Å². The molecular weight excluding hydrogens is 184 g/mol. The van der Waals surface area contributed by atoms with Gasteiger partial charge in [-0.1, -0.05) is 0 Å². The van der Waals surface area contributed by atoms with Crippen LogP contribution in [0.2, 0.25) is 0 Å². The van der Waals surface area contributed by atoms with Gasteiger partial charge in [0.1, 0.15) is 6.73 Å². The Morgan fingerprint density at radius 1 is 1.43 bits per heavy atom. The summed E-state index contributed by atoms with van der Waals surface area (Å²) in [6, 6.07) is 1.29.